The lowest BCUT2D eigenvalue weighted by Gasteiger charge is -2.39. The van der Waals surface area contributed by atoms with Gasteiger partial charge in [-0.05, 0) is 92.5 Å². The summed E-state index contributed by atoms with van der Waals surface area (Å²) in [5, 5.41) is 9.76. The van der Waals surface area contributed by atoms with Crippen LogP contribution in [0.15, 0.2) is 0 Å². The van der Waals surface area contributed by atoms with Crippen LogP contribution in [0.25, 0.3) is 0 Å². The lowest BCUT2D eigenvalue weighted by Crippen LogP contribution is -2.63. The predicted octanol–water partition coefficient (Wildman–Crippen LogP) is 3.89. The molecule has 2 aliphatic heterocycles. The van der Waals surface area contributed by atoms with Crippen LogP contribution in [-0.4, -0.2) is 121 Å². The maximum atomic E-state index is 15.3. The molecule has 4 N–H and O–H groups in total. The van der Waals surface area contributed by atoms with Crippen LogP contribution >= 0.6 is 0 Å². The monoisotopic (exact) mass is 846 g/mol. The highest BCUT2D eigenvalue weighted by molar-refractivity contribution is 7.87. The van der Waals surface area contributed by atoms with Crippen LogP contribution < -0.4 is 20.7 Å². The first kappa shape index (κ1) is 45.9. The second-order valence-electron chi connectivity index (χ2n) is 20.5. The largest absolute Gasteiger partial charge is 0.342 e. The van der Waals surface area contributed by atoms with E-state index >= 15 is 4.79 Å². The molecule has 6 rings (SSSR count). The molecule has 0 aromatic heterocycles. The molecule has 0 aromatic rings. The quantitative estimate of drug-likeness (QED) is 0.158. The predicted molar refractivity (Wildman–Crippen MR) is 227 cm³/mol. The SMILES string of the molecule is CCC1CC1(NC(=O)C1CC2(CN1C(=O)C(NC(=O)C(NC(C=O)C1CCCN1CC)C1CCCCC1)C(C)(C)C)C(C)(C)C21CCC1)C(=O)NS(=O)(=O)N(CC)CC. The number of likely N-dealkylation sites (tertiary alicyclic amines) is 2. The Balaban J connectivity index is 1.29. The molecule has 8 atom stereocenters. The second kappa shape index (κ2) is 16.9. The van der Waals surface area contributed by atoms with Gasteiger partial charge in [-0.1, -0.05) is 94.4 Å². The minimum atomic E-state index is -4.13. The smallest absolute Gasteiger partial charge is 0.303 e. The number of amides is 4. The summed E-state index contributed by atoms with van der Waals surface area (Å²) < 4.78 is 29.8. The second-order valence-corrected chi connectivity index (χ2v) is 22.1. The van der Waals surface area contributed by atoms with E-state index in [9.17, 15) is 27.6 Å². The molecule has 2 saturated heterocycles. The molecule has 2 heterocycles. The first-order valence-electron chi connectivity index (χ1n) is 22.9. The van der Waals surface area contributed by atoms with Gasteiger partial charge in [0.1, 0.15) is 23.9 Å². The fourth-order valence-electron chi connectivity index (χ4n) is 12.6. The van der Waals surface area contributed by atoms with E-state index in [1.54, 1.807) is 18.7 Å². The molecule has 0 bridgehead atoms. The van der Waals surface area contributed by atoms with Crippen molar-refractivity contribution in [3.05, 3.63) is 0 Å². The van der Waals surface area contributed by atoms with Crippen molar-refractivity contribution >= 4 is 40.1 Å². The highest BCUT2D eigenvalue weighted by atomic mass is 32.2. The molecule has 6 aliphatic rings. The highest BCUT2D eigenvalue weighted by Gasteiger charge is 2.85. The number of aldehydes is 1. The Hall–Kier alpha value is -2.62. The summed E-state index contributed by atoms with van der Waals surface area (Å²) in [5.41, 5.74) is -2.60. The van der Waals surface area contributed by atoms with E-state index in [-0.39, 0.29) is 59.0 Å². The van der Waals surface area contributed by atoms with Crippen molar-refractivity contribution in [1.82, 2.24) is 34.8 Å². The van der Waals surface area contributed by atoms with Crippen molar-refractivity contribution in [2.24, 2.45) is 33.5 Å². The molecule has 0 aromatic carbocycles. The van der Waals surface area contributed by atoms with E-state index in [1.807, 2.05) is 27.7 Å². The summed E-state index contributed by atoms with van der Waals surface area (Å²) in [4.78, 5) is 75.4. The van der Waals surface area contributed by atoms with Gasteiger partial charge in [0.05, 0.1) is 12.1 Å². The summed E-state index contributed by atoms with van der Waals surface area (Å²) in [6, 6.07) is -3.10. The third kappa shape index (κ3) is 7.89. The van der Waals surface area contributed by atoms with Crippen molar-refractivity contribution in [3.63, 3.8) is 0 Å². The van der Waals surface area contributed by atoms with Gasteiger partial charge in [-0.2, -0.15) is 12.7 Å². The fraction of sp³-hybridized carbons (Fsp3) is 0.886. The van der Waals surface area contributed by atoms with Gasteiger partial charge in [-0.25, -0.2) is 4.72 Å². The normalized spacial score (nSPS) is 31.7. The van der Waals surface area contributed by atoms with Gasteiger partial charge in [-0.15, -0.1) is 0 Å². The van der Waals surface area contributed by atoms with Gasteiger partial charge in [0.2, 0.25) is 17.7 Å². The molecule has 6 fully saturated rings. The summed E-state index contributed by atoms with van der Waals surface area (Å²) in [6.07, 6.45) is 12.0. The lowest BCUT2D eigenvalue weighted by molar-refractivity contribution is -0.145. The topological polar surface area (TPSA) is 177 Å². The number of nitrogens with zero attached hydrogens (tertiary/aromatic N) is 3. The van der Waals surface area contributed by atoms with Crippen molar-refractivity contribution in [3.8, 4) is 0 Å². The zero-order chi connectivity index (χ0) is 43.3. The number of likely N-dealkylation sites (N-methyl/N-ethyl adjacent to an activating group) is 1. The number of carbonyl (C=O) groups excluding carboxylic acids is 5. The third-order valence-electron chi connectivity index (χ3n) is 16.6. The number of nitrogens with one attached hydrogen (secondary N) is 4. The average molecular weight is 846 g/mol. The molecule has 4 amide bonds. The highest BCUT2D eigenvalue weighted by Crippen LogP contribution is 2.88. The van der Waals surface area contributed by atoms with Crippen LogP contribution in [0.1, 0.15) is 146 Å². The van der Waals surface area contributed by atoms with Crippen LogP contribution in [0.5, 0.6) is 0 Å². The number of hydrogen-bond acceptors (Lipinski definition) is 9. The first-order valence-corrected chi connectivity index (χ1v) is 24.4. The molecule has 14 nitrogen and oxygen atoms in total. The van der Waals surface area contributed by atoms with E-state index in [2.05, 4.69) is 46.3 Å². The van der Waals surface area contributed by atoms with E-state index in [0.29, 0.717) is 25.8 Å². The van der Waals surface area contributed by atoms with Gasteiger partial charge >= 0.3 is 10.2 Å². The molecular weight excluding hydrogens is 771 g/mol. The maximum absolute atomic E-state index is 15.3. The number of rotatable bonds is 17. The standard InChI is InChI=1S/C44H75N7O7S/c1-10-30-25-44(30,39(56)48-59(57,58)50(12-3)13-4)47-36(53)33-26-43(41(8,9)42(43)22-18-23-42)28-51(33)38(55)35(40(5,6)7)46-37(54)34(29-19-15-14-16-20-29)45-31(27-52)32-21-17-24-49(32)11-2/h27,29-35,45H,10-26,28H2,1-9H3,(H,46,54)(H,47,53)(H,48,56). The summed E-state index contributed by atoms with van der Waals surface area (Å²) in [7, 11) is -4.13. The molecule has 2 spiro atoms. The minimum Gasteiger partial charge on any atom is -0.342 e. The molecule has 334 valence electrons. The van der Waals surface area contributed by atoms with Crippen LogP contribution in [-0.2, 0) is 34.2 Å². The minimum absolute atomic E-state index is 0.00106. The summed E-state index contributed by atoms with van der Waals surface area (Å²) in [6.45, 7) is 20.1. The van der Waals surface area contributed by atoms with Crippen molar-refractivity contribution in [2.45, 2.75) is 182 Å². The van der Waals surface area contributed by atoms with Crippen molar-refractivity contribution in [1.29, 1.82) is 0 Å². The van der Waals surface area contributed by atoms with E-state index in [4.69, 9.17) is 0 Å². The number of fused-ring (bicyclic) bond motifs is 1. The zero-order valence-corrected chi connectivity index (χ0v) is 38.3. The van der Waals surface area contributed by atoms with Gasteiger partial charge in [0.25, 0.3) is 5.91 Å². The molecular formula is C44H75N7O7S. The third-order valence-corrected chi connectivity index (χ3v) is 18.2. The van der Waals surface area contributed by atoms with Crippen molar-refractivity contribution < 1.29 is 32.4 Å². The van der Waals surface area contributed by atoms with Crippen LogP contribution in [0.4, 0.5) is 0 Å². The Bertz CT molecular complexity index is 1720. The van der Waals surface area contributed by atoms with Crippen LogP contribution in [0.3, 0.4) is 0 Å². The Labute approximate surface area is 354 Å². The Morgan fingerprint density at radius 2 is 1.56 bits per heavy atom. The van der Waals surface area contributed by atoms with Gasteiger partial charge in [-0.3, -0.25) is 29.4 Å². The lowest BCUT2D eigenvalue weighted by atomic mass is 9.73. The molecule has 15 heteroatoms. The van der Waals surface area contributed by atoms with Crippen LogP contribution in [0, 0.1) is 33.5 Å². The number of hydrogen-bond donors (Lipinski definition) is 4. The van der Waals surface area contributed by atoms with E-state index in [0.717, 1.165) is 83.6 Å². The Morgan fingerprint density at radius 3 is 2.07 bits per heavy atom. The molecule has 59 heavy (non-hydrogen) atoms. The van der Waals surface area contributed by atoms with Gasteiger partial charge < -0.3 is 20.3 Å². The fourth-order valence-corrected chi connectivity index (χ4v) is 13.8. The van der Waals surface area contributed by atoms with E-state index < -0.39 is 57.1 Å². The molecule has 8 unspecified atom stereocenters. The number of carbonyl (C=O) groups is 5. The maximum Gasteiger partial charge on any atom is 0.303 e. The van der Waals surface area contributed by atoms with Gasteiger partial charge in [0, 0.05) is 31.1 Å². The molecule has 4 saturated carbocycles. The summed E-state index contributed by atoms with van der Waals surface area (Å²) >= 11 is 0. The Kier molecular flexibility index (Phi) is 13.2. The molecule has 4 aliphatic carbocycles. The first-order chi connectivity index (χ1) is 27.7. The van der Waals surface area contributed by atoms with Gasteiger partial charge in [0.15, 0.2) is 0 Å². The van der Waals surface area contributed by atoms with Crippen LogP contribution in [0.2, 0.25) is 0 Å². The van der Waals surface area contributed by atoms with E-state index in [1.165, 1.54) is 4.31 Å². The van der Waals surface area contributed by atoms with Crippen molar-refractivity contribution in [2.75, 3.05) is 32.7 Å². The Morgan fingerprint density at radius 1 is 0.898 bits per heavy atom. The zero-order valence-electron chi connectivity index (χ0n) is 37.5. The average Bonchev–Trinajstić information content (AvgIpc) is 3.69. The molecule has 0 radical (unpaired) electrons. The summed E-state index contributed by atoms with van der Waals surface area (Å²) in [5.74, 6) is -2.12.